The maximum Gasteiger partial charge on any atom is 0.416 e. The summed E-state index contributed by atoms with van der Waals surface area (Å²) in [4.78, 5) is 15.7. The maximum atomic E-state index is 13.3. The summed E-state index contributed by atoms with van der Waals surface area (Å²) in [6, 6.07) is 15.5. The van der Waals surface area contributed by atoms with Crippen LogP contribution in [-0.4, -0.2) is 48.7 Å². The molecule has 0 saturated carbocycles. The summed E-state index contributed by atoms with van der Waals surface area (Å²) in [6.07, 6.45) is -3.68. The number of hydrogen-bond acceptors (Lipinski definition) is 6. The molecule has 204 valence electrons. The zero-order valence-electron chi connectivity index (χ0n) is 20.7. The lowest BCUT2D eigenvalue weighted by atomic mass is 10.0. The number of ether oxygens (including phenoxy) is 2. The number of hydrogen-bond donors (Lipinski definition) is 1. The van der Waals surface area contributed by atoms with Gasteiger partial charge in [0.1, 0.15) is 22.1 Å². The van der Waals surface area contributed by atoms with Gasteiger partial charge in [-0.3, -0.25) is 9.18 Å². The van der Waals surface area contributed by atoms with Crippen molar-refractivity contribution in [3.63, 3.8) is 0 Å². The van der Waals surface area contributed by atoms with Crippen LogP contribution in [0, 0.1) is 5.92 Å². The van der Waals surface area contributed by atoms with Crippen LogP contribution in [-0.2, 0) is 6.18 Å². The van der Waals surface area contributed by atoms with Gasteiger partial charge < -0.3 is 19.5 Å². The van der Waals surface area contributed by atoms with Gasteiger partial charge in [-0.25, -0.2) is 0 Å². The van der Waals surface area contributed by atoms with Gasteiger partial charge in [-0.1, -0.05) is 12.1 Å². The fourth-order valence-electron chi connectivity index (χ4n) is 4.41. The van der Waals surface area contributed by atoms with Crippen LogP contribution >= 0.6 is 11.3 Å². The van der Waals surface area contributed by atoms with Crippen molar-refractivity contribution >= 4 is 27.2 Å². The van der Waals surface area contributed by atoms with Crippen molar-refractivity contribution in [2.75, 3.05) is 32.9 Å². The van der Waals surface area contributed by atoms with Gasteiger partial charge in [0.15, 0.2) is 5.75 Å². The number of phenolic OH excluding ortho intramolecular Hbond substituents is 1. The molecule has 0 bridgehead atoms. The number of alkyl halides is 4. The number of phenols is 1. The van der Waals surface area contributed by atoms with E-state index in [1.807, 2.05) is 0 Å². The lowest BCUT2D eigenvalue weighted by Gasteiger charge is -2.37. The van der Waals surface area contributed by atoms with Gasteiger partial charge in [0.2, 0.25) is 5.78 Å². The number of aromatic hydroxyl groups is 1. The number of nitrogens with zero attached hydrogens (tertiary/aromatic N) is 1. The third-order valence-electron chi connectivity index (χ3n) is 6.49. The van der Waals surface area contributed by atoms with E-state index in [-0.39, 0.29) is 34.5 Å². The zero-order chi connectivity index (χ0) is 27.6. The summed E-state index contributed by atoms with van der Waals surface area (Å²) in [6.45, 7) is 2.69. The third-order valence-corrected chi connectivity index (χ3v) is 7.62. The van der Waals surface area contributed by atoms with Gasteiger partial charge in [-0.15, -0.1) is 11.3 Å². The van der Waals surface area contributed by atoms with Gasteiger partial charge >= 0.3 is 6.18 Å². The average molecular weight is 560 g/mol. The summed E-state index contributed by atoms with van der Waals surface area (Å²) < 4.78 is 63.9. The topological polar surface area (TPSA) is 59.0 Å². The van der Waals surface area contributed by atoms with E-state index in [4.69, 9.17) is 9.47 Å². The Morgan fingerprint density at radius 2 is 1.69 bits per heavy atom. The fourth-order valence-corrected chi connectivity index (χ4v) is 5.54. The largest absolute Gasteiger partial charge is 0.508 e. The fraction of sp³-hybridized carbons (Fsp3) is 0.276. The highest BCUT2D eigenvalue weighted by Gasteiger charge is 2.31. The van der Waals surface area contributed by atoms with Crippen molar-refractivity contribution in [3.8, 4) is 23.0 Å². The van der Waals surface area contributed by atoms with E-state index in [0.29, 0.717) is 28.2 Å². The number of thiophene rings is 1. The first-order valence-corrected chi connectivity index (χ1v) is 13.2. The van der Waals surface area contributed by atoms with E-state index < -0.39 is 17.5 Å². The van der Waals surface area contributed by atoms with Gasteiger partial charge in [0.25, 0.3) is 0 Å². The SMILES string of the molecule is O=C(c1ccc(C(F)(F)F)cc1)c1sc2cc(O)ccc2c1Oc1ccc(OCCCN2CC(CF)C2)cc1. The lowest BCUT2D eigenvalue weighted by molar-refractivity contribution is -0.137. The predicted octanol–water partition coefficient (Wildman–Crippen LogP) is 7.32. The second-order valence-electron chi connectivity index (χ2n) is 9.40. The van der Waals surface area contributed by atoms with Crippen LogP contribution in [0.2, 0.25) is 0 Å². The standard InChI is InChI=1S/C29H25F4NO4S/c30-15-18-16-34(17-18)12-1-13-37-22-7-9-23(10-8-22)38-27-24-11-6-21(35)14-25(24)39-28(27)26(36)19-2-4-20(5-3-19)29(31,32)33/h2-11,14,18,35H,1,12-13,15-17H2. The molecule has 0 amide bonds. The number of halogens is 4. The first-order valence-electron chi connectivity index (χ1n) is 12.4. The monoisotopic (exact) mass is 559 g/mol. The molecular formula is C29H25F4NO4S. The quantitative estimate of drug-likeness (QED) is 0.125. The molecule has 0 radical (unpaired) electrons. The van der Waals surface area contributed by atoms with Gasteiger partial charge in [0.05, 0.1) is 18.8 Å². The Morgan fingerprint density at radius 3 is 2.36 bits per heavy atom. The summed E-state index contributed by atoms with van der Waals surface area (Å²) >= 11 is 1.09. The molecule has 0 atom stereocenters. The van der Waals surface area contributed by atoms with E-state index in [2.05, 4.69) is 4.90 Å². The molecule has 4 aromatic rings. The number of ketones is 1. The number of benzene rings is 3. The third kappa shape index (κ3) is 6.17. The molecule has 1 N–H and O–H groups in total. The van der Waals surface area contributed by atoms with E-state index in [1.165, 1.54) is 12.1 Å². The number of carbonyl (C=O) groups is 1. The first kappa shape index (κ1) is 27.0. The highest BCUT2D eigenvalue weighted by atomic mass is 32.1. The second-order valence-corrected chi connectivity index (χ2v) is 10.5. The lowest BCUT2D eigenvalue weighted by Crippen LogP contribution is -2.48. The average Bonchev–Trinajstić information content (AvgIpc) is 3.24. The summed E-state index contributed by atoms with van der Waals surface area (Å²) in [5, 5.41) is 10.5. The van der Waals surface area contributed by atoms with E-state index in [9.17, 15) is 27.5 Å². The van der Waals surface area contributed by atoms with E-state index in [1.54, 1.807) is 30.3 Å². The molecule has 1 saturated heterocycles. The molecule has 0 spiro atoms. The van der Waals surface area contributed by atoms with Gasteiger partial charge in [-0.2, -0.15) is 13.2 Å². The number of likely N-dealkylation sites (tertiary alicyclic amines) is 1. The van der Waals surface area contributed by atoms with Gasteiger partial charge in [-0.05, 0) is 61.0 Å². The molecule has 2 heterocycles. The van der Waals surface area contributed by atoms with Crippen molar-refractivity contribution in [2.45, 2.75) is 12.6 Å². The molecule has 0 aliphatic carbocycles. The van der Waals surface area contributed by atoms with Crippen LogP contribution in [0.5, 0.6) is 23.0 Å². The molecule has 1 aliphatic heterocycles. The van der Waals surface area contributed by atoms with Crippen molar-refractivity contribution in [2.24, 2.45) is 5.92 Å². The van der Waals surface area contributed by atoms with Crippen molar-refractivity contribution in [3.05, 3.63) is 82.7 Å². The Kier molecular flexibility index (Phi) is 7.76. The number of carbonyl (C=O) groups excluding carboxylic acids is 1. The van der Waals surface area contributed by atoms with Crippen LogP contribution in [0.3, 0.4) is 0 Å². The maximum absolute atomic E-state index is 13.3. The van der Waals surface area contributed by atoms with Crippen LogP contribution in [0.1, 0.15) is 27.2 Å². The van der Waals surface area contributed by atoms with Crippen LogP contribution in [0.25, 0.3) is 10.1 Å². The van der Waals surface area contributed by atoms with Crippen molar-refractivity contribution < 1.29 is 36.9 Å². The highest BCUT2D eigenvalue weighted by Crippen LogP contribution is 2.43. The number of rotatable bonds is 10. The zero-order valence-corrected chi connectivity index (χ0v) is 21.5. The molecule has 39 heavy (non-hydrogen) atoms. The molecule has 5 rings (SSSR count). The summed E-state index contributed by atoms with van der Waals surface area (Å²) in [7, 11) is 0. The van der Waals surface area contributed by atoms with Crippen molar-refractivity contribution in [1.82, 2.24) is 4.90 Å². The predicted molar refractivity (Wildman–Crippen MR) is 141 cm³/mol. The minimum Gasteiger partial charge on any atom is -0.508 e. The Morgan fingerprint density at radius 1 is 1.00 bits per heavy atom. The van der Waals surface area contributed by atoms with Crippen molar-refractivity contribution in [1.29, 1.82) is 0 Å². The molecular weight excluding hydrogens is 534 g/mol. The number of fused-ring (bicyclic) bond motifs is 1. The molecule has 1 fully saturated rings. The Labute approximate surface area is 226 Å². The smallest absolute Gasteiger partial charge is 0.416 e. The molecule has 1 aromatic heterocycles. The minimum atomic E-state index is -4.50. The molecule has 5 nitrogen and oxygen atoms in total. The Bertz CT molecular complexity index is 1450. The summed E-state index contributed by atoms with van der Waals surface area (Å²) in [5.74, 6) is 1.04. The van der Waals surface area contributed by atoms with E-state index >= 15 is 0 Å². The molecule has 1 aliphatic rings. The molecule has 10 heteroatoms. The summed E-state index contributed by atoms with van der Waals surface area (Å²) in [5.41, 5.74) is -0.754. The molecule has 3 aromatic carbocycles. The second kappa shape index (κ2) is 11.2. The Balaban J connectivity index is 1.30. The normalized spacial score (nSPS) is 14.4. The first-order chi connectivity index (χ1) is 18.7. The highest BCUT2D eigenvalue weighted by molar-refractivity contribution is 7.21. The Hall–Kier alpha value is -3.63. The van der Waals surface area contributed by atoms with Crippen LogP contribution in [0.15, 0.2) is 66.7 Å². The van der Waals surface area contributed by atoms with E-state index in [0.717, 1.165) is 61.7 Å². The minimum absolute atomic E-state index is 0.0154. The molecule has 0 unspecified atom stereocenters. The van der Waals surface area contributed by atoms with Crippen LogP contribution in [0.4, 0.5) is 17.6 Å². The van der Waals surface area contributed by atoms with Gasteiger partial charge in [0, 0.05) is 41.2 Å². The van der Waals surface area contributed by atoms with Crippen LogP contribution < -0.4 is 9.47 Å².